The predicted molar refractivity (Wildman–Crippen MR) is 243 cm³/mol. The first kappa shape index (κ1) is 43.1. The number of carbonyl (C=O) groups excluding carboxylic acids is 2. The molecule has 7 aliphatic rings. The molecule has 13 nitrogen and oxygen atoms in total. The van der Waals surface area contributed by atoms with Gasteiger partial charge in [0.15, 0.2) is 0 Å². The van der Waals surface area contributed by atoms with Crippen molar-refractivity contribution >= 4 is 39.0 Å². The quantitative estimate of drug-likeness (QED) is 0.307. The Kier molecular flexibility index (Phi) is 12.0. The molecule has 15 heteroatoms. The molecule has 2 N–H and O–H groups in total. The average Bonchev–Trinajstić information content (AvgIpc) is 3.63. The molecule has 6 heterocycles. The molecule has 9 atom stereocenters. The molecule has 1 unspecified atom stereocenters. The van der Waals surface area contributed by atoms with Crippen molar-refractivity contribution in [3.05, 3.63) is 93.8 Å². The number of rotatable bonds is 4. The second kappa shape index (κ2) is 17.6. The number of ether oxygens (including phenoxy) is 3. The molecule has 2 bridgehead atoms. The third-order valence-corrected chi connectivity index (χ3v) is 18.0. The Morgan fingerprint density at radius 2 is 1.97 bits per heavy atom. The first-order valence-corrected chi connectivity index (χ1v) is 25.0. The zero-order chi connectivity index (χ0) is 43.5. The van der Waals surface area contributed by atoms with Crippen molar-refractivity contribution in [3.8, 4) is 5.75 Å². The van der Waals surface area contributed by atoms with E-state index in [1.165, 1.54) is 11.1 Å². The van der Waals surface area contributed by atoms with Gasteiger partial charge < -0.3 is 28.8 Å². The topological polar surface area (TPSA) is 138 Å². The van der Waals surface area contributed by atoms with Crippen LogP contribution in [-0.2, 0) is 44.4 Å². The summed E-state index contributed by atoms with van der Waals surface area (Å²) < 4.78 is 43.3. The summed E-state index contributed by atoms with van der Waals surface area (Å²) in [4.78, 5) is 35.9. The summed E-state index contributed by atoms with van der Waals surface area (Å²) in [6.07, 6.45) is 10.3. The van der Waals surface area contributed by atoms with Crippen LogP contribution in [0.1, 0.15) is 83.5 Å². The molecule has 5 aliphatic heterocycles. The van der Waals surface area contributed by atoms with Gasteiger partial charge in [0, 0.05) is 86.3 Å². The van der Waals surface area contributed by atoms with E-state index in [2.05, 4.69) is 40.5 Å². The molecular formula is C48H61ClN6O7S. The maximum atomic E-state index is 15.2. The molecular weight excluding hydrogens is 840 g/mol. The van der Waals surface area contributed by atoms with E-state index in [4.69, 9.17) is 25.8 Å². The van der Waals surface area contributed by atoms with Crippen LogP contribution in [0.15, 0.2) is 65.2 Å². The Labute approximate surface area is 376 Å². The molecule has 3 aromatic rings. The van der Waals surface area contributed by atoms with Gasteiger partial charge in [0.2, 0.25) is 0 Å². The number of fused-ring (bicyclic) bond motifs is 6. The number of aromatic nitrogens is 1. The van der Waals surface area contributed by atoms with Crippen molar-refractivity contribution in [3.63, 3.8) is 0 Å². The van der Waals surface area contributed by atoms with Crippen molar-refractivity contribution in [1.29, 1.82) is 0 Å². The highest BCUT2D eigenvalue weighted by molar-refractivity contribution is 7.93. The first-order valence-electron chi connectivity index (χ1n) is 23.1. The summed E-state index contributed by atoms with van der Waals surface area (Å²) in [6.45, 7) is 12.8. The van der Waals surface area contributed by atoms with Crippen molar-refractivity contribution < 1.29 is 33.1 Å². The van der Waals surface area contributed by atoms with Crippen molar-refractivity contribution in [2.75, 3.05) is 70.5 Å². The van der Waals surface area contributed by atoms with Crippen LogP contribution in [0.2, 0.25) is 5.02 Å². The monoisotopic (exact) mass is 900 g/mol. The molecule has 2 aliphatic carbocycles. The summed E-state index contributed by atoms with van der Waals surface area (Å²) in [5.41, 5.74) is 4.44. The first-order chi connectivity index (χ1) is 30.4. The Morgan fingerprint density at radius 1 is 1.08 bits per heavy atom. The van der Waals surface area contributed by atoms with Gasteiger partial charge in [0.1, 0.15) is 15.7 Å². The lowest BCUT2D eigenvalue weighted by Gasteiger charge is -2.45. The molecule has 1 aromatic heterocycles. The molecule has 338 valence electrons. The van der Waals surface area contributed by atoms with Crippen LogP contribution in [0.3, 0.4) is 0 Å². The number of allylic oxidation sites excluding steroid dienone is 1. The van der Waals surface area contributed by atoms with E-state index < -0.39 is 33.1 Å². The summed E-state index contributed by atoms with van der Waals surface area (Å²) in [5.74, 6) is -0.466. The lowest BCUT2D eigenvalue weighted by molar-refractivity contribution is -0.0655. The summed E-state index contributed by atoms with van der Waals surface area (Å²) in [6, 6.07) is 13.7. The molecule has 2 saturated heterocycles. The van der Waals surface area contributed by atoms with Crippen LogP contribution in [0, 0.1) is 17.8 Å². The van der Waals surface area contributed by atoms with E-state index in [1.54, 1.807) is 25.3 Å². The van der Waals surface area contributed by atoms with Gasteiger partial charge in [0.05, 0.1) is 55.1 Å². The van der Waals surface area contributed by atoms with Gasteiger partial charge in [-0.3, -0.25) is 24.1 Å². The second-order valence-corrected chi connectivity index (χ2v) is 22.1. The van der Waals surface area contributed by atoms with E-state index in [0.29, 0.717) is 56.6 Å². The summed E-state index contributed by atoms with van der Waals surface area (Å²) in [5, 5.41) is 11.5. The zero-order valence-corrected chi connectivity index (χ0v) is 38.0. The lowest BCUT2D eigenvalue weighted by atomic mass is 9.68. The fourth-order valence-electron chi connectivity index (χ4n) is 11.3. The fraction of sp³-hybridized carbons (Fsp3) is 0.583. The maximum Gasteiger partial charge on any atom is 0.286 e. The Morgan fingerprint density at radius 3 is 2.83 bits per heavy atom. The molecule has 3 fully saturated rings. The lowest BCUT2D eigenvalue weighted by Crippen LogP contribution is -2.59. The van der Waals surface area contributed by atoms with Crippen LogP contribution in [-0.4, -0.2) is 125 Å². The number of anilines is 1. The number of hydrogen-bond donors (Lipinski definition) is 2. The Bertz CT molecular complexity index is 2400. The van der Waals surface area contributed by atoms with Gasteiger partial charge >= 0.3 is 0 Å². The number of aliphatic hydroxyl groups is 1. The van der Waals surface area contributed by atoms with E-state index in [-0.39, 0.29) is 34.8 Å². The number of benzene rings is 2. The highest BCUT2D eigenvalue weighted by Gasteiger charge is 2.44. The van der Waals surface area contributed by atoms with Gasteiger partial charge in [0.25, 0.3) is 11.8 Å². The highest BCUT2D eigenvalue weighted by Crippen LogP contribution is 2.47. The molecule has 2 aromatic carbocycles. The highest BCUT2D eigenvalue weighted by atomic mass is 35.5. The number of piperazine rings is 1. The number of amides is 2. The molecule has 10 rings (SSSR count). The van der Waals surface area contributed by atoms with Gasteiger partial charge in [-0.25, -0.2) is 4.21 Å². The smallest absolute Gasteiger partial charge is 0.286 e. The number of nitrogens with zero attached hydrogens (tertiary/aromatic N) is 5. The largest absolute Gasteiger partial charge is 0.490 e. The van der Waals surface area contributed by atoms with E-state index in [9.17, 15) is 14.7 Å². The predicted octanol–water partition coefficient (Wildman–Crippen LogP) is 5.85. The number of aryl methyl sites for hydroxylation is 1. The van der Waals surface area contributed by atoms with Crippen molar-refractivity contribution in [1.82, 2.24) is 19.1 Å². The van der Waals surface area contributed by atoms with Crippen LogP contribution < -0.4 is 14.4 Å². The van der Waals surface area contributed by atoms with Crippen LogP contribution in [0.25, 0.3) is 0 Å². The average molecular weight is 902 g/mol. The van der Waals surface area contributed by atoms with Crippen LogP contribution >= 0.6 is 11.6 Å². The van der Waals surface area contributed by atoms with E-state index in [1.807, 2.05) is 37.3 Å². The SMILES string of the molecule is C[C@@H]1[C@@H](C)C/C=C/[C@H](O)[C@@H]2CC[C@H]2CN2C[C@@]3(CCCc4cc(Cl)ccc43)COc3ccc(cc32)C(=O)N=S1(=O)NC(=O)c1cc2n(c1)C[C@H](CN1CCN3CCOC[C@H]3C1)OC2. The minimum Gasteiger partial charge on any atom is -0.490 e. The minimum absolute atomic E-state index is 0.0398. The van der Waals surface area contributed by atoms with E-state index in [0.717, 1.165) is 94.4 Å². The Balaban J connectivity index is 0.931. The molecule has 2 amide bonds. The van der Waals surface area contributed by atoms with Gasteiger partial charge in [-0.15, -0.1) is 4.36 Å². The molecule has 0 radical (unpaired) electrons. The van der Waals surface area contributed by atoms with Gasteiger partial charge in [-0.2, -0.15) is 0 Å². The maximum absolute atomic E-state index is 15.2. The third-order valence-electron chi connectivity index (χ3n) is 15.4. The fourth-order valence-corrected chi connectivity index (χ4v) is 13.3. The Hall–Kier alpha value is -3.76. The molecule has 63 heavy (non-hydrogen) atoms. The van der Waals surface area contributed by atoms with Crippen molar-refractivity contribution in [2.24, 2.45) is 22.1 Å². The second-order valence-electron chi connectivity index (χ2n) is 19.4. The number of nitrogens with one attached hydrogen (secondary N) is 1. The molecule has 1 spiro atoms. The van der Waals surface area contributed by atoms with Crippen molar-refractivity contribution in [2.45, 2.75) is 94.4 Å². The van der Waals surface area contributed by atoms with Gasteiger partial charge in [-0.1, -0.05) is 36.7 Å². The minimum atomic E-state index is -3.69. The standard InChI is InChI=1S/C48H61ClN6O7S/c1-31-5-3-7-44(56)41-11-8-35(41)22-55-29-48(14-4-6-33-19-37(49)10-12-42(33)48)30-62-45-13-9-34(21-43(45)55)46(57)50-63(59,32(31)2)51-47(58)36-20-38-28-61-40(26-54(38)23-36)25-52-15-16-53-17-18-60-27-39(53)24-52/h3,7,9-10,12-13,19-21,23,31-32,35,39-41,44,56H,4-6,8,11,14-18,22,24-30H2,1-2H3,(H,50,51,57,58,59)/b7-3+/t31-,32+,35-,39+,40-,41+,44-,48-,63?/m0/s1. The molecule has 1 saturated carbocycles. The number of halogens is 1. The normalized spacial score (nSPS) is 34.2. The number of aliphatic hydroxyl groups excluding tert-OH is 1. The van der Waals surface area contributed by atoms with E-state index >= 15 is 4.21 Å². The third kappa shape index (κ3) is 8.61. The zero-order valence-electron chi connectivity index (χ0n) is 36.5. The van der Waals surface area contributed by atoms with Crippen LogP contribution in [0.4, 0.5) is 5.69 Å². The number of hydrogen-bond acceptors (Lipinski definition) is 10. The van der Waals surface area contributed by atoms with Crippen LogP contribution in [0.5, 0.6) is 5.75 Å². The summed E-state index contributed by atoms with van der Waals surface area (Å²) >= 11 is 6.49. The number of morpholine rings is 1. The number of carbonyl (C=O) groups is 2. The summed E-state index contributed by atoms with van der Waals surface area (Å²) in [7, 11) is -3.69. The van der Waals surface area contributed by atoms with Gasteiger partial charge in [-0.05, 0) is 111 Å².